The molecule has 0 aliphatic carbocycles. The molecule has 0 radical (unpaired) electrons. The van der Waals surface area contributed by atoms with Crippen molar-refractivity contribution in [2.45, 2.75) is 6.54 Å². The lowest BCUT2D eigenvalue weighted by Crippen LogP contribution is -2.34. The third-order valence-electron chi connectivity index (χ3n) is 1.46. The average Bonchev–Trinajstić information content (AvgIpc) is 2.64. The maximum Gasteiger partial charge on any atom is 0.268 e. The van der Waals surface area contributed by atoms with E-state index >= 15 is 0 Å². The number of rotatable bonds is 3. The first-order valence-electron chi connectivity index (χ1n) is 3.88. The Hall–Kier alpha value is -2.05. The molecule has 7 nitrogen and oxygen atoms in total. The normalized spacial score (nSPS) is 11.1. The molecule has 0 bridgehead atoms. The smallest absolute Gasteiger partial charge is 0.268 e. The molecule has 0 aromatic carbocycles. The second-order valence-electron chi connectivity index (χ2n) is 2.42. The SMILES string of the molecule is CNC(=N[N+](=O)[O-])NCc1ccoc1. The highest BCUT2D eigenvalue weighted by Gasteiger charge is 2.01. The molecule has 0 fully saturated rings. The monoisotopic (exact) mass is 198 g/mol. The van der Waals surface area contributed by atoms with Gasteiger partial charge in [-0.2, -0.15) is 0 Å². The van der Waals surface area contributed by atoms with Crippen LogP contribution in [0.1, 0.15) is 5.56 Å². The van der Waals surface area contributed by atoms with Gasteiger partial charge in [0.1, 0.15) is 5.10 Å². The Kier molecular flexibility index (Phi) is 3.48. The minimum atomic E-state index is -0.770. The fourth-order valence-corrected chi connectivity index (χ4v) is 0.834. The summed E-state index contributed by atoms with van der Waals surface area (Å²) < 4.78 is 4.83. The van der Waals surface area contributed by atoms with Crippen molar-refractivity contribution in [3.63, 3.8) is 0 Å². The number of guanidine groups is 1. The molecule has 14 heavy (non-hydrogen) atoms. The van der Waals surface area contributed by atoms with E-state index in [0.717, 1.165) is 5.56 Å². The number of hydrogen-bond donors (Lipinski definition) is 2. The first-order chi connectivity index (χ1) is 6.72. The van der Waals surface area contributed by atoms with E-state index in [9.17, 15) is 10.1 Å². The van der Waals surface area contributed by atoms with Crippen molar-refractivity contribution in [2.75, 3.05) is 7.05 Å². The Morgan fingerprint density at radius 1 is 1.79 bits per heavy atom. The van der Waals surface area contributed by atoms with Crippen molar-refractivity contribution in [3.8, 4) is 0 Å². The van der Waals surface area contributed by atoms with Gasteiger partial charge in [-0.1, -0.05) is 0 Å². The molecule has 1 heterocycles. The second-order valence-corrected chi connectivity index (χ2v) is 2.42. The first-order valence-corrected chi connectivity index (χ1v) is 3.88. The van der Waals surface area contributed by atoms with Crippen molar-refractivity contribution in [3.05, 3.63) is 34.3 Å². The van der Waals surface area contributed by atoms with Crippen LogP contribution < -0.4 is 10.6 Å². The first kappa shape index (κ1) is 10.0. The van der Waals surface area contributed by atoms with E-state index in [0.29, 0.717) is 6.54 Å². The summed E-state index contributed by atoms with van der Waals surface area (Å²) in [4.78, 5) is 10.0. The fourth-order valence-electron chi connectivity index (χ4n) is 0.834. The Morgan fingerprint density at radius 2 is 2.57 bits per heavy atom. The van der Waals surface area contributed by atoms with Crippen LogP contribution in [0.5, 0.6) is 0 Å². The third kappa shape index (κ3) is 3.13. The van der Waals surface area contributed by atoms with Crippen LogP contribution in [0, 0.1) is 10.1 Å². The Labute approximate surface area is 79.9 Å². The van der Waals surface area contributed by atoms with Crippen LogP contribution in [-0.2, 0) is 6.54 Å². The van der Waals surface area contributed by atoms with E-state index in [1.807, 2.05) is 0 Å². The van der Waals surface area contributed by atoms with Gasteiger partial charge in [-0.15, -0.1) is 0 Å². The van der Waals surface area contributed by atoms with E-state index in [-0.39, 0.29) is 5.96 Å². The lowest BCUT2D eigenvalue weighted by molar-refractivity contribution is -0.485. The Morgan fingerprint density at radius 3 is 3.07 bits per heavy atom. The van der Waals surface area contributed by atoms with Gasteiger partial charge in [0.05, 0.1) is 12.5 Å². The summed E-state index contributed by atoms with van der Waals surface area (Å²) >= 11 is 0. The molecule has 0 saturated heterocycles. The van der Waals surface area contributed by atoms with Gasteiger partial charge in [0.2, 0.25) is 0 Å². The second kappa shape index (κ2) is 4.85. The van der Waals surface area contributed by atoms with E-state index in [2.05, 4.69) is 15.7 Å². The van der Waals surface area contributed by atoms with Gasteiger partial charge in [0.25, 0.3) is 5.96 Å². The van der Waals surface area contributed by atoms with Crippen LogP contribution in [0.4, 0.5) is 0 Å². The van der Waals surface area contributed by atoms with Crippen LogP contribution in [-0.4, -0.2) is 18.0 Å². The summed E-state index contributed by atoms with van der Waals surface area (Å²) in [7, 11) is 1.55. The predicted octanol–water partition coefficient (Wildman–Crippen LogP) is 0.136. The van der Waals surface area contributed by atoms with Gasteiger partial charge < -0.3 is 15.1 Å². The number of furan rings is 1. The molecule has 0 atom stereocenters. The summed E-state index contributed by atoms with van der Waals surface area (Å²) in [6.07, 6.45) is 3.08. The fraction of sp³-hybridized carbons (Fsp3) is 0.286. The van der Waals surface area contributed by atoms with Crippen molar-refractivity contribution in [1.82, 2.24) is 10.6 Å². The summed E-state index contributed by atoms with van der Waals surface area (Å²) in [5, 5.41) is 17.7. The zero-order valence-electron chi connectivity index (χ0n) is 7.56. The number of nitro groups is 1. The van der Waals surface area contributed by atoms with Crippen LogP contribution in [0.2, 0.25) is 0 Å². The average molecular weight is 198 g/mol. The van der Waals surface area contributed by atoms with Crippen LogP contribution in [0.3, 0.4) is 0 Å². The molecule has 0 amide bonds. The van der Waals surface area contributed by atoms with Crippen molar-refractivity contribution >= 4 is 5.96 Å². The van der Waals surface area contributed by atoms with E-state index in [1.54, 1.807) is 19.4 Å². The maximum absolute atomic E-state index is 10.0. The van der Waals surface area contributed by atoms with Crippen molar-refractivity contribution < 1.29 is 9.45 Å². The van der Waals surface area contributed by atoms with Gasteiger partial charge in [0, 0.05) is 19.2 Å². The highest BCUT2D eigenvalue weighted by atomic mass is 16.7. The van der Waals surface area contributed by atoms with Gasteiger partial charge in [-0.05, 0) is 6.07 Å². The Bertz CT molecular complexity index is 320. The maximum atomic E-state index is 10.0. The topological polar surface area (TPSA) is 92.7 Å². The number of hydrogen-bond acceptors (Lipinski definition) is 3. The molecule has 7 heteroatoms. The third-order valence-corrected chi connectivity index (χ3v) is 1.46. The van der Waals surface area contributed by atoms with E-state index in [4.69, 9.17) is 4.42 Å². The standard InChI is InChI=1S/C7H10N4O3/c1-8-7(10-11(12)13)9-4-6-2-3-14-5-6/h2-3,5H,4H2,1H3,(H2,8,9,10). The zero-order valence-corrected chi connectivity index (χ0v) is 7.56. The highest BCUT2D eigenvalue weighted by Crippen LogP contribution is 1.97. The van der Waals surface area contributed by atoms with Crippen LogP contribution in [0.25, 0.3) is 0 Å². The highest BCUT2D eigenvalue weighted by molar-refractivity contribution is 5.78. The number of nitrogens with zero attached hydrogens (tertiary/aromatic N) is 2. The minimum Gasteiger partial charge on any atom is -0.472 e. The molecule has 1 aromatic rings. The predicted molar refractivity (Wildman–Crippen MR) is 49.0 cm³/mol. The molecule has 0 aliphatic rings. The molecule has 2 N–H and O–H groups in total. The summed E-state index contributed by atoms with van der Waals surface area (Å²) in [6, 6.07) is 1.76. The molecular weight excluding hydrogens is 188 g/mol. The molecule has 1 rings (SSSR count). The molecule has 1 aromatic heterocycles. The van der Waals surface area contributed by atoms with E-state index < -0.39 is 5.03 Å². The minimum absolute atomic E-state index is 0.108. The van der Waals surface area contributed by atoms with Crippen LogP contribution in [0.15, 0.2) is 28.1 Å². The van der Waals surface area contributed by atoms with Gasteiger partial charge in [-0.25, -0.2) is 10.1 Å². The molecule has 0 aliphatic heterocycles. The quantitative estimate of drug-likeness (QED) is 0.312. The largest absolute Gasteiger partial charge is 0.472 e. The lowest BCUT2D eigenvalue weighted by atomic mass is 10.3. The summed E-state index contributed by atoms with van der Waals surface area (Å²) in [5.41, 5.74) is 0.885. The van der Waals surface area contributed by atoms with Crippen molar-refractivity contribution in [2.24, 2.45) is 5.10 Å². The Balaban J connectivity index is 2.46. The number of hydrazone groups is 1. The number of nitrogens with one attached hydrogen (secondary N) is 2. The van der Waals surface area contributed by atoms with Gasteiger partial charge in [0.15, 0.2) is 5.03 Å². The van der Waals surface area contributed by atoms with Gasteiger partial charge >= 0.3 is 0 Å². The summed E-state index contributed by atoms with van der Waals surface area (Å²) in [6.45, 7) is 0.421. The van der Waals surface area contributed by atoms with E-state index in [1.165, 1.54) is 6.26 Å². The molecular formula is C7H10N4O3. The molecule has 0 spiro atoms. The molecule has 0 unspecified atom stereocenters. The van der Waals surface area contributed by atoms with Crippen molar-refractivity contribution in [1.29, 1.82) is 0 Å². The zero-order chi connectivity index (χ0) is 10.4. The van der Waals surface area contributed by atoms with Crippen LogP contribution >= 0.6 is 0 Å². The van der Waals surface area contributed by atoms with Gasteiger partial charge in [-0.3, -0.25) is 0 Å². The lowest BCUT2D eigenvalue weighted by Gasteiger charge is -2.03. The molecule has 76 valence electrons. The molecule has 0 saturated carbocycles. The summed E-state index contributed by atoms with van der Waals surface area (Å²) in [5.74, 6) is 0.108.